The lowest BCUT2D eigenvalue weighted by atomic mass is 9.97. The molecule has 0 saturated heterocycles. The Morgan fingerprint density at radius 1 is 1.07 bits per heavy atom. The van der Waals surface area contributed by atoms with Gasteiger partial charge in [0.1, 0.15) is 0 Å². The summed E-state index contributed by atoms with van der Waals surface area (Å²) < 4.78 is 5.23. The first-order valence-corrected chi connectivity index (χ1v) is 9.44. The number of nitriles is 1. The third-order valence-corrected chi connectivity index (χ3v) is 5.14. The van der Waals surface area contributed by atoms with Crippen molar-refractivity contribution >= 4 is 5.71 Å². The Kier molecular flexibility index (Phi) is 5.17. The molecule has 0 aliphatic carbocycles. The monoisotopic (exact) mass is 383 g/mol. The van der Waals surface area contributed by atoms with Crippen LogP contribution in [0.5, 0.6) is 11.5 Å². The van der Waals surface area contributed by atoms with Crippen molar-refractivity contribution in [1.29, 1.82) is 5.26 Å². The maximum absolute atomic E-state index is 10.0. The van der Waals surface area contributed by atoms with Crippen molar-refractivity contribution in [1.82, 2.24) is 5.01 Å². The van der Waals surface area contributed by atoms with Gasteiger partial charge in [-0.2, -0.15) is 10.4 Å². The van der Waals surface area contributed by atoms with Crippen molar-refractivity contribution in [3.05, 3.63) is 95.6 Å². The van der Waals surface area contributed by atoms with Gasteiger partial charge in [0, 0.05) is 6.42 Å². The minimum atomic E-state index is -0.615. The Labute approximate surface area is 170 Å². The molecule has 2 atom stereocenters. The maximum Gasteiger partial charge on any atom is 0.160 e. The van der Waals surface area contributed by atoms with Gasteiger partial charge in [0.15, 0.2) is 17.5 Å². The van der Waals surface area contributed by atoms with Gasteiger partial charge >= 0.3 is 0 Å². The van der Waals surface area contributed by atoms with E-state index >= 15 is 0 Å². The van der Waals surface area contributed by atoms with Gasteiger partial charge in [-0.3, -0.25) is 5.01 Å². The third-order valence-electron chi connectivity index (χ3n) is 5.14. The Morgan fingerprint density at radius 3 is 2.41 bits per heavy atom. The summed E-state index contributed by atoms with van der Waals surface area (Å²) in [6, 6.07) is 26.8. The van der Waals surface area contributed by atoms with Crippen LogP contribution in [0.25, 0.3) is 0 Å². The molecule has 0 fully saturated rings. The number of ether oxygens (including phenoxy) is 1. The number of hydrogen-bond donors (Lipinski definition) is 1. The third kappa shape index (κ3) is 3.65. The average Bonchev–Trinajstić information content (AvgIpc) is 3.22. The Morgan fingerprint density at radius 2 is 1.76 bits per heavy atom. The molecule has 0 unspecified atom stereocenters. The lowest BCUT2D eigenvalue weighted by molar-refractivity contribution is 0.196. The van der Waals surface area contributed by atoms with Gasteiger partial charge in [-0.05, 0) is 28.8 Å². The van der Waals surface area contributed by atoms with E-state index in [1.54, 1.807) is 18.2 Å². The minimum Gasteiger partial charge on any atom is -0.504 e. The SMILES string of the molecule is COc1cc([C@H](C#N)N2N=C(c3ccccc3)C[C@@H]2c2ccccc2)ccc1O. The number of phenolic OH excluding ortho intramolecular Hbond substituents is 1. The second kappa shape index (κ2) is 8.07. The average molecular weight is 383 g/mol. The molecule has 144 valence electrons. The van der Waals surface area contributed by atoms with Gasteiger partial charge in [-0.25, -0.2) is 0 Å². The van der Waals surface area contributed by atoms with Gasteiger partial charge < -0.3 is 9.84 Å². The van der Waals surface area contributed by atoms with Crippen molar-refractivity contribution < 1.29 is 9.84 Å². The van der Waals surface area contributed by atoms with E-state index in [0.29, 0.717) is 12.2 Å². The summed E-state index contributed by atoms with van der Waals surface area (Å²) in [5.41, 5.74) is 3.83. The molecule has 3 aromatic carbocycles. The van der Waals surface area contributed by atoms with Crippen LogP contribution in [0.1, 0.15) is 35.2 Å². The number of hydrazone groups is 1. The molecular weight excluding hydrogens is 362 g/mol. The molecule has 29 heavy (non-hydrogen) atoms. The molecule has 0 amide bonds. The van der Waals surface area contributed by atoms with E-state index in [4.69, 9.17) is 9.84 Å². The predicted octanol–water partition coefficient (Wildman–Crippen LogP) is 4.82. The first kappa shape index (κ1) is 18.6. The standard InChI is InChI=1S/C24H21N3O2/c1-29-24-14-19(12-13-23(24)28)22(16-25)27-21(18-10-6-3-7-11-18)15-20(26-27)17-8-4-2-5-9-17/h2-14,21-22,28H,15H2,1H3/t21-,22+/m1/s1. The lowest BCUT2D eigenvalue weighted by Gasteiger charge is -2.28. The molecule has 0 radical (unpaired) electrons. The van der Waals surface area contributed by atoms with E-state index < -0.39 is 6.04 Å². The zero-order valence-electron chi connectivity index (χ0n) is 16.1. The summed E-state index contributed by atoms with van der Waals surface area (Å²) in [4.78, 5) is 0. The molecule has 0 saturated carbocycles. The van der Waals surface area contributed by atoms with Crippen LogP contribution < -0.4 is 4.74 Å². The highest BCUT2D eigenvalue weighted by Crippen LogP contribution is 2.40. The highest BCUT2D eigenvalue weighted by Gasteiger charge is 2.34. The number of methoxy groups -OCH3 is 1. The van der Waals surface area contributed by atoms with Crippen LogP contribution in [0.4, 0.5) is 0 Å². The maximum atomic E-state index is 10.0. The summed E-state index contributed by atoms with van der Waals surface area (Å²) in [6.45, 7) is 0. The van der Waals surface area contributed by atoms with E-state index in [1.165, 1.54) is 7.11 Å². The Bertz CT molecular complexity index is 1060. The van der Waals surface area contributed by atoms with Crippen LogP contribution >= 0.6 is 0 Å². The van der Waals surface area contributed by atoms with E-state index in [1.807, 2.05) is 53.5 Å². The number of hydrogen-bond acceptors (Lipinski definition) is 5. The van der Waals surface area contributed by atoms with E-state index in [0.717, 1.165) is 22.4 Å². The molecule has 1 N–H and O–H groups in total. The van der Waals surface area contributed by atoms with E-state index in [2.05, 4.69) is 18.2 Å². The van der Waals surface area contributed by atoms with Crippen LogP contribution in [-0.4, -0.2) is 22.9 Å². The fourth-order valence-electron chi connectivity index (χ4n) is 3.67. The molecule has 4 rings (SSSR count). The number of benzene rings is 3. The molecule has 1 heterocycles. The predicted molar refractivity (Wildman–Crippen MR) is 112 cm³/mol. The van der Waals surface area contributed by atoms with Crippen molar-refractivity contribution in [2.24, 2.45) is 5.10 Å². The van der Waals surface area contributed by atoms with Crippen LogP contribution in [0.15, 0.2) is 84.0 Å². The molecular formula is C24H21N3O2. The van der Waals surface area contributed by atoms with Gasteiger partial charge in [0.2, 0.25) is 0 Å². The fraction of sp³-hybridized carbons (Fsp3) is 0.167. The second-order valence-electron chi connectivity index (χ2n) is 6.89. The fourth-order valence-corrected chi connectivity index (χ4v) is 3.67. The number of rotatable bonds is 5. The largest absolute Gasteiger partial charge is 0.504 e. The molecule has 3 aromatic rings. The number of phenols is 1. The lowest BCUT2D eigenvalue weighted by Crippen LogP contribution is -2.24. The molecule has 1 aliphatic heterocycles. The Balaban J connectivity index is 1.77. The van der Waals surface area contributed by atoms with Crippen molar-refractivity contribution in [2.75, 3.05) is 7.11 Å². The Hall–Kier alpha value is -3.78. The van der Waals surface area contributed by atoms with Gasteiger partial charge in [-0.1, -0.05) is 66.7 Å². The smallest absolute Gasteiger partial charge is 0.160 e. The van der Waals surface area contributed by atoms with Crippen molar-refractivity contribution in [3.63, 3.8) is 0 Å². The zero-order valence-corrected chi connectivity index (χ0v) is 16.1. The normalized spacial score (nSPS) is 16.8. The molecule has 0 bridgehead atoms. The van der Waals surface area contributed by atoms with Crippen LogP contribution in [0.2, 0.25) is 0 Å². The molecule has 5 heteroatoms. The van der Waals surface area contributed by atoms with E-state index in [-0.39, 0.29) is 11.8 Å². The topological polar surface area (TPSA) is 68.8 Å². The van der Waals surface area contributed by atoms with Crippen molar-refractivity contribution in [2.45, 2.75) is 18.5 Å². The van der Waals surface area contributed by atoms with Gasteiger partial charge in [0.05, 0.1) is 24.9 Å². The van der Waals surface area contributed by atoms with Crippen LogP contribution in [0, 0.1) is 11.3 Å². The number of nitrogens with zero attached hydrogens (tertiary/aromatic N) is 3. The molecule has 0 aromatic heterocycles. The highest BCUT2D eigenvalue weighted by atomic mass is 16.5. The summed E-state index contributed by atoms with van der Waals surface area (Å²) in [5.74, 6) is 0.382. The second-order valence-corrected chi connectivity index (χ2v) is 6.89. The first-order chi connectivity index (χ1) is 14.2. The molecule has 1 aliphatic rings. The quantitative estimate of drug-likeness (QED) is 0.686. The van der Waals surface area contributed by atoms with Crippen LogP contribution in [0.3, 0.4) is 0 Å². The first-order valence-electron chi connectivity index (χ1n) is 9.44. The summed E-state index contributed by atoms with van der Waals surface area (Å²) >= 11 is 0. The molecule has 0 spiro atoms. The molecule has 5 nitrogen and oxygen atoms in total. The minimum absolute atomic E-state index is 0.0439. The highest BCUT2D eigenvalue weighted by molar-refractivity contribution is 6.01. The summed E-state index contributed by atoms with van der Waals surface area (Å²) in [7, 11) is 1.49. The van der Waals surface area contributed by atoms with E-state index in [9.17, 15) is 10.4 Å². The van der Waals surface area contributed by atoms with Crippen molar-refractivity contribution in [3.8, 4) is 17.6 Å². The summed E-state index contributed by atoms with van der Waals surface area (Å²) in [6.07, 6.45) is 0.710. The zero-order chi connectivity index (χ0) is 20.2. The van der Waals surface area contributed by atoms with Crippen LogP contribution in [-0.2, 0) is 0 Å². The van der Waals surface area contributed by atoms with Gasteiger partial charge in [0.25, 0.3) is 0 Å². The number of aromatic hydroxyl groups is 1. The summed E-state index contributed by atoms with van der Waals surface area (Å²) in [5, 5.41) is 26.7. The van der Waals surface area contributed by atoms with Gasteiger partial charge in [-0.15, -0.1) is 0 Å².